The molecule has 7 nitrogen and oxygen atoms in total. The van der Waals surface area contributed by atoms with Gasteiger partial charge in [0.05, 0.1) is 12.2 Å². The maximum Gasteiger partial charge on any atom is 0.231 e. The summed E-state index contributed by atoms with van der Waals surface area (Å²) in [6.45, 7) is 12.6. The molecule has 2 aliphatic rings. The number of aryl methyl sites for hydroxylation is 2. The summed E-state index contributed by atoms with van der Waals surface area (Å²) in [6.07, 6.45) is 6.13. The third-order valence-electron chi connectivity index (χ3n) is 8.22. The Morgan fingerprint density at radius 1 is 1.24 bits per heavy atom. The average molecular weight is 477 g/mol. The number of carbonyl (C=O) groups is 1. The molecule has 1 aliphatic heterocycles. The van der Waals surface area contributed by atoms with Crippen molar-refractivity contribution >= 4 is 33.1 Å². The largest absolute Gasteiger partial charge is 0.369 e. The molecule has 34 heavy (non-hydrogen) atoms. The highest BCUT2D eigenvalue weighted by Crippen LogP contribution is 2.52. The number of H-pyrrole nitrogens is 1. The van der Waals surface area contributed by atoms with Crippen LogP contribution in [0.25, 0.3) is 27.1 Å². The van der Waals surface area contributed by atoms with Crippen LogP contribution in [0.3, 0.4) is 0 Å². The number of carbonyl (C=O) groups excluding carboxylic acids is 1. The van der Waals surface area contributed by atoms with E-state index in [1.54, 1.807) is 6.33 Å². The van der Waals surface area contributed by atoms with Crippen LogP contribution in [-0.2, 0) is 4.79 Å². The number of fused-ring (bicyclic) bond motifs is 4. The van der Waals surface area contributed by atoms with Crippen LogP contribution in [0.15, 0.2) is 12.5 Å². The van der Waals surface area contributed by atoms with Gasteiger partial charge in [-0.25, -0.2) is 9.50 Å². The number of pyridine rings is 1. The number of likely N-dealkylation sites (tertiary alicyclic amines) is 1. The van der Waals surface area contributed by atoms with Gasteiger partial charge in [0.15, 0.2) is 5.65 Å². The van der Waals surface area contributed by atoms with Gasteiger partial charge in [-0.05, 0) is 67.7 Å². The van der Waals surface area contributed by atoms with Gasteiger partial charge in [0.2, 0.25) is 5.91 Å². The molecule has 178 valence electrons. The van der Waals surface area contributed by atoms with Crippen LogP contribution in [0.1, 0.15) is 65.7 Å². The van der Waals surface area contributed by atoms with Crippen molar-refractivity contribution in [2.75, 3.05) is 13.1 Å². The Hall–Kier alpha value is -2.71. The van der Waals surface area contributed by atoms with E-state index in [0.717, 1.165) is 17.8 Å². The predicted molar refractivity (Wildman–Crippen MR) is 136 cm³/mol. The minimum absolute atomic E-state index is 0.219. The summed E-state index contributed by atoms with van der Waals surface area (Å²) in [7, 11) is 0. The Bertz CT molecular complexity index is 1440. The fraction of sp³-hybridized carbons (Fsp3) is 0.500. The predicted octanol–water partition coefficient (Wildman–Crippen LogP) is 4.65. The zero-order chi connectivity index (χ0) is 23.9. The summed E-state index contributed by atoms with van der Waals surface area (Å²) in [5.41, 5.74) is 14.0. The number of rotatable bonds is 5. The van der Waals surface area contributed by atoms with Gasteiger partial charge in [0, 0.05) is 40.5 Å². The molecule has 4 aromatic heterocycles. The minimum Gasteiger partial charge on any atom is -0.369 e. The van der Waals surface area contributed by atoms with Gasteiger partial charge in [0.25, 0.3) is 0 Å². The fourth-order valence-electron chi connectivity index (χ4n) is 6.65. The second-order valence-electron chi connectivity index (χ2n) is 10.6. The number of piperidine rings is 1. The van der Waals surface area contributed by atoms with Crippen molar-refractivity contribution in [2.45, 2.75) is 65.3 Å². The minimum atomic E-state index is -0.219. The highest BCUT2D eigenvalue weighted by atomic mass is 32.1. The fourth-order valence-corrected chi connectivity index (χ4v) is 8.05. The van der Waals surface area contributed by atoms with E-state index in [1.807, 2.05) is 15.9 Å². The molecular formula is C26H32N6OS. The van der Waals surface area contributed by atoms with E-state index in [1.165, 1.54) is 55.9 Å². The molecule has 2 bridgehead atoms. The number of aromatic amines is 1. The molecule has 1 saturated carbocycles. The Morgan fingerprint density at radius 3 is 2.74 bits per heavy atom. The molecular weight excluding hydrogens is 444 g/mol. The maximum atomic E-state index is 11.6. The van der Waals surface area contributed by atoms with Crippen molar-refractivity contribution < 1.29 is 4.79 Å². The smallest absolute Gasteiger partial charge is 0.231 e. The molecule has 8 heteroatoms. The Morgan fingerprint density at radius 2 is 2.03 bits per heavy atom. The molecule has 2 unspecified atom stereocenters. The molecule has 6 rings (SSSR count). The van der Waals surface area contributed by atoms with Crippen molar-refractivity contribution in [1.82, 2.24) is 24.5 Å². The van der Waals surface area contributed by atoms with Gasteiger partial charge in [-0.3, -0.25) is 9.69 Å². The standard InChI is InChI=1S/C26H32N6OS/c1-12(2)21-22-15(5)24(17-6-16-7-19(17)31(8-16)10-20(27)33)34-26(22)30-23(21)18-9-32-25(28-11-29-32)14(4)13(18)3/h9,11-12,16-17,19,30H,6-8,10H2,1-5H3,(H2,27,33)/t16-,17?,19?/m0/s1. The SMILES string of the molecule is Cc1c(-c2[nH]c3sc(C4C[C@H]5CC4N(CC(N)=O)C5)c(C)c3c2C(C)C)cn2ncnc2c1C. The van der Waals surface area contributed by atoms with E-state index in [4.69, 9.17) is 5.73 Å². The van der Waals surface area contributed by atoms with Gasteiger partial charge in [-0.2, -0.15) is 5.10 Å². The van der Waals surface area contributed by atoms with Crippen LogP contribution in [-0.4, -0.2) is 49.5 Å². The summed E-state index contributed by atoms with van der Waals surface area (Å²) in [6, 6.07) is 0.431. The molecule has 0 spiro atoms. The van der Waals surface area contributed by atoms with Crippen molar-refractivity contribution in [3.05, 3.63) is 39.7 Å². The molecule has 5 heterocycles. The Kier molecular flexibility index (Phi) is 4.90. The van der Waals surface area contributed by atoms with Gasteiger partial charge in [0.1, 0.15) is 11.2 Å². The van der Waals surface area contributed by atoms with Crippen molar-refractivity contribution in [1.29, 1.82) is 0 Å². The molecule has 1 saturated heterocycles. The first-order valence-electron chi connectivity index (χ1n) is 12.2. The second kappa shape index (κ2) is 7.65. The number of nitrogens with one attached hydrogen (secondary N) is 1. The molecule has 3 N–H and O–H groups in total. The van der Waals surface area contributed by atoms with Crippen LogP contribution >= 0.6 is 11.3 Å². The summed E-state index contributed by atoms with van der Waals surface area (Å²) >= 11 is 1.91. The lowest BCUT2D eigenvalue weighted by atomic mass is 9.90. The molecule has 1 aliphatic carbocycles. The molecule has 1 amide bonds. The number of hydrogen-bond acceptors (Lipinski definition) is 5. The van der Waals surface area contributed by atoms with E-state index in [0.29, 0.717) is 30.3 Å². The number of nitrogens with two attached hydrogens (primary N) is 1. The van der Waals surface area contributed by atoms with E-state index >= 15 is 0 Å². The summed E-state index contributed by atoms with van der Waals surface area (Å²) in [4.78, 5) is 24.9. The first kappa shape index (κ1) is 21.8. The van der Waals surface area contributed by atoms with Gasteiger partial charge < -0.3 is 10.7 Å². The van der Waals surface area contributed by atoms with Crippen molar-refractivity contribution in [2.24, 2.45) is 11.7 Å². The lowest BCUT2D eigenvalue weighted by molar-refractivity contribution is -0.119. The summed E-state index contributed by atoms with van der Waals surface area (Å²) in [5.74, 6) is 1.32. The van der Waals surface area contributed by atoms with Crippen LogP contribution in [0.2, 0.25) is 0 Å². The van der Waals surface area contributed by atoms with Crippen LogP contribution in [0, 0.1) is 26.7 Å². The van der Waals surface area contributed by atoms with Crippen LogP contribution in [0.4, 0.5) is 0 Å². The average Bonchev–Trinajstić information content (AvgIpc) is 3.57. The van der Waals surface area contributed by atoms with Gasteiger partial charge in [-0.15, -0.1) is 11.3 Å². The first-order valence-corrected chi connectivity index (χ1v) is 13.0. The number of nitrogens with zero attached hydrogens (tertiary/aromatic N) is 4. The molecule has 2 fully saturated rings. The number of hydrogen-bond donors (Lipinski definition) is 2. The van der Waals surface area contributed by atoms with Crippen LogP contribution in [0.5, 0.6) is 0 Å². The topological polar surface area (TPSA) is 92.3 Å². The molecule has 0 aromatic carbocycles. The van der Waals surface area contributed by atoms with Crippen molar-refractivity contribution in [3.8, 4) is 11.3 Å². The van der Waals surface area contributed by atoms with E-state index in [-0.39, 0.29) is 5.91 Å². The third kappa shape index (κ3) is 3.08. The lowest BCUT2D eigenvalue weighted by Gasteiger charge is -2.32. The van der Waals surface area contributed by atoms with Gasteiger partial charge in [-0.1, -0.05) is 13.8 Å². The monoisotopic (exact) mass is 476 g/mol. The third-order valence-corrected chi connectivity index (χ3v) is 9.56. The first-order chi connectivity index (χ1) is 16.2. The van der Waals surface area contributed by atoms with E-state index in [2.05, 4.69) is 60.8 Å². The summed E-state index contributed by atoms with van der Waals surface area (Å²) < 4.78 is 1.89. The zero-order valence-electron chi connectivity index (χ0n) is 20.5. The van der Waals surface area contributed by atoms with E-state index in [9.17, 15) is 4.79 Å². The number of primary amides is 1. The normalized spacial score (nSPS) is 22.7. The number of thiophene rings is 1. The second-order valence-corrected chi connectivity index (χ2v) is 11.6. The quantitative estimate of drug-likeness (QED) is 0.438. The highest BCUT2D eigenvalue weighted by Gasteiger charge is 2.47. The van der Waals surface area contributed by atoms with Crippen molar-refractivity contribution in [3.63, 3.8) is 0 Å². The summed E-state index contributed by atoms with van der Waals surface area (Å²) in [5, 5.41) is 5.79. The number of amides is 1. The van der Waals surface area contributed by atoms with Crippen LogP contribution < -0.4 is 5.73 Å². The number of aromatic nitrogens is 4. The Balaban J connectivity index is 1.48. The lowest BCUT2D eigenvalue weighted by Crippen LogP contribution is -2.42. The highest BCUT2D eigenvalue weighted by molar-refractivity contribution is 7.19. The molecule has 4 aromatic rings. The Labute approximate surface area is 203 Å². The maximum absolute atomic E-state index is 11.6. The molecule has 0 radical (unpaired) electrons. The molecule has 3 atom stereocenters. The van der Waals surface area contributed by atoms with Gasteiger partial charge >= 0.3 is 0 Å². The zero-order valence-corrected chi connectivity index (χ0v) is 21.3. The van der Waals surface area contributed by atoms with E-state index < -0.39 is 0 Å².